The summed E-state index contributed by atoms with van der Waals surface area (Å²) in [6.07, 6.45) is 0.728. The fourth-order valence-electron chi connectivity index (χ4n) is 1.09. The van der Waals surface area contributed by atoms with Gasteiger partial charge >= 0.3 is 5.97 Å². The van der Waals surface area contributed by atoms with Gasteiger partial charge in [0, 0.05) is 0 Å². The maximum atomic E-state index is 10.4. The standard InChI is InChI=1S/C8H8N4O3S2/c1-2-4-6(17-12-9-4)7-10-11-8(15-7)16-3-5(13)14/h2-3H2,1H3,(H,13,14). The van der Waals surface area contributed by atoms with Crippen LogP contribution in [-0.2, 0) is 11.2 Å². The highest BCUT2D eigenvalue weighted by Crippen LogP contribution is 2.27. The number of carboxylic acid groups (broad SMARTS) is 1. The van der Waals surface area contributed by atoms with E-state index in [-0.39, 0.29) is 11.0 Å². The van der Waals surface area contributed by atoms with Crippen molar-refractivity contribution in [3.63, 3.8) is 0 Å². The lowest BCUT2D eigenvalue weighted by atomic mass is 10.3. The predicted octanol–water partition coefficient (Wildman–Crippen LogP) is 1.33. The fourth-order valence-corrected chi connectivity index (χ4v) is 2.24. The van der Waals surface area contributed by atoms with Crippen LogP contribution in [0.15, 0.2) is 9.64 Å². The lowest BCUT2D eigenvalue weighted by molar-refractivity contribution is -0.133. The number of thioether (sulfide) groups is 1. The van der Waals surface area contributed by atoms with E-state index in [2.05, 4.69) is 19.8 Å². The maximum absolute atomic E-state index is 10.4. The molecule has 0 aliphatic heterocycles. The van der Waals surface area contributed by atoms with E-state index >= 15 is 0 Å². The first-order valence-electron chi connectivity index (χ1n) is 4.70. The summed E-state index contributed by atoms with van der Waals surface area (Å²) in [5.41, 5.74) is 0.799. The number of rotatable bonds is 5. The van der Waals surface area contributed by atoms with Gasteiger partial charge in [-0.1, -0.05) is 23.2 Å². The van der Waals surface area contributed by atoms with Crippen LogP contribution in [-0.4, -0.2) is 36.6 Å². The largest absolute Gasteiger partial charge is 0.481 e. The summed E-state index contributed by atoms with van der Waals surface area (Å²) in [5.74, 6) is -0.698. The van der Waals surface area contributed by atoms with Gasteiger partial charge in [0.05, 0.1) is 5.69 Å². The van der Waals surface area contributed by atoms with Crippen molar-refractivity contribution in [1.82, 2.24) is 19.8 Å². The van der Waals surface area contributed by atoms with Crippen molar-refractivity contribution in [1.29, 1.82) is 0 Å². The van der Waals surface area contributed by atoms with Gasteiger partial charge in [-0.25, -0.2) is 0 Å². The average Bonchev–Trinajstić information content (AvgIpc) is 2.94. The van der Waals surface area contributed by atoms with Crippen molar-refractivity contribution >= 4 is 29.3 Å². The molecule has 0 spiro atoms. The Balaban J connectivity index is 2.15. The molecule has 0 aliphatic carbocycles. The molecule has 90 valence electrons. The molecule has 0 bridgehead atoms. The monoisotopic (exact) mass is 272 g/mol. The lowest BCUT2D eigenvalue weighted by Gasteiger charge is -1.91. The molecule has 0 aliphatic rings. The second kappa shape index (κ2) is 5.23. The van der Waals surface area contributed by atoms with Crippen LogP contribution in [0.5, 0.6) is 0 Å². The van der Waals surface area contributed by atoms with Crippen LogP contribution in [0.3, 0.4) is 0 Å². The highest BCUT2D eigenvalue weighted by molar-refractivity contribution is 7.99. The van der Waals surface area contributed by atoms with E-state index in [0.29, 0.717) is 5.89 Å². The van der Waals surface area contributed by atoms with E-state index < -0.39 is 5.97 Å². The van der Waals surface area contributed by atoms with Crippen LogP contribution in [0.1, 0.15) is 12.6 Å². The number of hydrogen-bond donors (Lipinski definition) is 1. The Kier molecular flexibility index (Phi) is 3.69. The molecule has 0 amide bonds. The zero-order valence-corrected chi connectivity index (χ0v) is 10.4. The average molecular weight is 272 g/mol. The molecule has 2 heterocycles. The van der Waals surface area contributed by atoms with Crippen molar-refractivity contribution in [2.75, 3.05) is 5.75 Å². The molecule has 0 fully saturated rings. The molecule has 9 heteroatoms. The molecule has 2 rings (SSSR count). The van der Waals surface area contributed by atoms with Gasteiger partial charge in [0.1, 0.15) is 10.6 Å². The highest BCUT2D eigenvalue weighted by atomic mass is 32.2. The lowest BCUT2D eigenvalue weighted by Crippen LogP contribution is -1.97. The Morgan fingerprint density at radius 1 is 1.47 bits per heavy atom. The Bertz CT molecular complexity index is 524. The maximum Gasteiger partial charge on any atom is 0.314 e. The van der Waals surface area contributed by atoms with Crippen molar-refractivity contribution in [3.8, 4) is 10.8 Å². The van der Waals surface area contributed by atoms with Crippen molar-refractivity contribution < 1.29 is 14.3 Å². The number of aromatic nitrogens is 4. The molecule has 0 saturated heterocycles. The van der Waals surface area contributed by atoms with Gasteiger partial charge in [0.25, 0.3) is 11.1 Å². The van der Waals surface area contributed by atoms with Crippen molar-refractivity contribution in [2.24, 2.45) is 0 Å². The third-order valence-electron chi connectivity index (χ3n) is 1.81. The Morgan fingerprint density at radius 3 is 3.00 bits per heavy atom. The van der Waals surface area contributed by atoms with Crippen LogP contribution in [0.25, 0.3) is 10.8 Å². The molecule has 0 saturated carbocycles. The normalized spacial score (nSPS) is 10.6. The van der Waals surface area contributed by atoms with Gasteiger partial charge < -0.3 is 9.52 Å². The van der Waals surface area contributed by atoms with E-state index in [1.165, 1.54) is 11.5 Å². The number of aryl methyl sites for hydroxylation is 1. The number of aliphatic carboxylic acids is 1. The third kappa shape index (κ3) is 2.80. The third-order valence-corrected chi connectivity index (χ3v) is 3.37. The summed E-state index contributed by atoms with van der Waals surface area (Å²) in [4.78, 5) is 11.1. The molecular formula is C8H8N4O3S2. The molecule has 7 nitrogen and oxygen atoms in total. The quantitative estimate of drug-likeness (QED) is 0.813. The van der Waals surface area contributed by atoms with Crippen LogP contribution >= 0.6 is 23.3 Å². The van der Waals surface area contributed by atoms with Gasteiger partial charge in [-0.15, -0.1) is 15.3 Å². The number of carboxylic acids is 1. The Morgan fingerprint density at radius 2 is 2.29 bits per heavy atom. The summed E-state index contributed by atoms with van der Waals surface area (Å²) >= 11 is 2.17. The number of carbonyl (C=O) groups is 1. The van der Waals surface area contributed by atoms with Gasteiger partial charge in [-0.2, -0.15) is 0 Å². The van der Waals surface area contributed by atoms with Crippen molar-refractivity contribution in [3.05, 3.63) is 5.69 Å². The van der Waals surface area contributed by atoms with E-state index in [0.717, 1.165) is 28.8 Å². The number of nitrogens with zero attached hydrogens (tertiary/aromatic N) is 4. The molecule has 0 aromatic carbocycles. The molecule has 0 unspecified atom stereocenters. The van der Waals surface area contributed by atoms with Crippen LogP contribution < -0.4 is 0 Å². The zero-order valence-electron chi connectivity index (χ0n) is 8.78. The molecule has 1 N–H and O–H groups in total. The Labute approximate surface area is 104 Å². The fraction of sp³-hybridized carbons (Fsp3) is 0.375. The summed E-state index contributed by atoms with van der Waals surface area (Å²) in [5, 5.41) is 20.3. The Hall–Kier alpha value is -1.48. The molecule has 2 aromatic rings. The van der Waals surface area contributed by atoms with E-state index in [9.17, 15) is 4.79 Å². The number of hydrogen-bond acceptors (Lipinski definition) is 8. The molecule has 17 heavy (non-hydrogen) atoms. The first kappa shape index (κ1) is 12.0. The topological polar surface area (TPSA) is 102 Å². The van der Waals surface area contributed by atoms with Gasteiger partial charge in [0.15, 0.2) is 0 Å². The van der Waals surface area contributed by atoms with Crippen LogP contribution in [0, 0.1) is 0 Å². The van der Waals surface area contributed by atoms with Crippen LogP contribution in [0.2, 0.25) is 0 Å². The van der Waals surface area contributed by atoms with E-state index in [1.807, 2.05) is 6.92 Å². The van der Waals surface area contributed by atoms with E-state index in [1.54, 1.807) is 0 Å². The van der Waals surface area contributed by atoms with Crippen molar-refractivity contribution in [2.45, 2.75) is 18.6 Å². The smallest absolute Gasteiger partial charge is 0.314 e. The minimum absolute atomic E-state index is 0.108. The van der Waals surface area contributed by atoms with Crippen LogP contribution in [0.4, 0.5) is 0 Å². The van der Waals surface area contributed by atoms with Gasteiger partial charge in [0.2, 0.25) is 0 Å². The zero-order chi connectivity index (χ0) is 12.3. The molecule has 2 aromatic heterocycles. The second-order valence-corrected chi connectivity index (χ2v) is 4.64. The minimum Gasteiger partial charge on any atom is -0.481 e. The summed E-state index contributed by atoms with van der Waals surface area (Å²) in [6, 6.07) is 0. The first-order chi connectivity index (χ1) is 8.20. The summed E-state index contributed by atoms with van der Waals surface area (Å²) in [7, 11) is 0. The SMILES string of the molecule is CCc1nnsc1-c1nnc(SCC(=O)O)o1. The summed E-state index contributed by atoms with van der Waals surface area (Å²) in [6.45, 7) is 1.96. The molecule has 0 atom stereocenters. The van der Waals surface area contributed by atoms with E-state index in [4.69, 9.17) is 9.52 Å². The minimum atomic E-state index is -0.927. The first-order valence-corrected chi connectivity index (χ1v) is 6.46. The highest BCUT2D eigenvalue weighted by Gasteiger charge is 2.16. The molecule has 0 radical (unpaired) electrons. The molecular weight excluding hydrogens is 264 g/mol. The predicted molar refractivity (Wildman–Crippen MR) is 60.9 cm³/mol. The second-order valence-electron chi connectivity index (χ2n) is 2.96. The van der Waals surface area contributed by atoms with Gasteiger partial charge in [-0.05, 0) is 18.0 Å². The summed E-state index contributed by atoms with van der Waals surface area (Å²) < 4.78 is 9.14. The van der Waals surface area contributed by atoms with Gasteiger partial charge in [-0.3, -0.25) is 4.79 Å².